The summed E-state index contributed by atoms with van der Waals surface area (Å²) in [6, 6.07) is 4.42. The Bertz CT molecular complexity index is 636. The molecular formula is C14H20N2O4S. The molecule has 1 aliphatic carbocycles. The zero-order chi connectivity index (χ0) is 15.6. The van der Waals surface area contributed by atoms with Gasteiger partial charge in [-0.05, 0) is 25.0 Å². The molecule has 0 N–H and O–H groups in total. The third-order valence-corrected chi connectivity index (χ3v) is 5.18. The minimum atomic E-state index is -3.45. The van der Waals surface area contributed by atoms with Crippen LogP contribution in [0.3, 0.4) is 0 Å². The summed E-state index contributed by atoms with van der Waals surface area (Å²) in [6.45, 7) is 0. The summed E-state index contributed by atoms with van der Waals surface area (Å²) in [6.07, 6.45) is 6.55. The molecule has 6 nitrogen and oxygen atoms in total. The molecule has 1 aromatic carbocycles. The van der Waals surface area contributed by atoms with Gasteiger partial charge in [0.2, 0.25) is 0 Å². The minimum absolute atomic E-state index is 0.0185. The third-order valence-electron chi connectivity index (χ3n) is 4.07. The number of anilines is 1. The molecule has 0 amide bonds. The predicted molar refractivity (Wildman–Crippen MR) is 81.5 cm³/mol. The number of nitro groups is 1. The Morgan fingerprint density at radius 1 is 1.24 bits per heavy atom. The fourth-order valence-corrected chi connectivity index (χ4v) is 3.48. The highest BCUT2D eigenvalue weighted by Crippen LogP contribution is 2.34. The van der Waals surface area contributed by atoms with E-state index in [9.17, 15) is 18.5 Å². The van der Waals surface area contributed by atoms with Crippen LogP contribution in [0.4, 0.5) is 11.4 Å². The lowest BCUT2D eigenvalue weighted by Gasteiger charge is -2.32. The van der Waals surface area contributed by atoms with Crippen LogP contribution in [0.1, 0.15) is 32.1 Å². The molecule has 0 aliphatic heterocycles. The molecule has 0 heterocycles. The van der Waals surface area contributed by atoms with Crippen LogP contribution in [0.25, 0.3) is 0 Å². The van der Waals surface area contributed by atoms with Crippen LogP contribution in [0.15, 0.2) is 23.1 Å². The van der Waals surface area contributed by atoms with E-state index in [1.54, 1.807) is 6.07 Å². The van der Waals surface area contributed by atoms with Crippen LogP contribution in [-0.4, -0.2) is 32.7 Å². The number of nitro benzene ring substituents is 1. The smallest absolute Gasteiger partial charge is 0.293 e. The predicted octanol–water partition coefficient (Wildman–Crippen LogP) is 2.77. The standard InChI is InChI=1S/C14H20N2O4S/c1-15(11-6-4-3-5-7-11)13-9-8-12(21(2,19)20)10-14(13)16(17)18/h8-11H,3-7H2,1-2H3. The number of rotatable bonds is 4. The summed E-state index contributed by atoms with van der Waals surface area (Å²) in [7, 11) is -1.60. The van der Waals surface area contributed by atoms with Crippen LogP contribution < -0.4 is 4.90 Å². The van der Waals surface area contributed by atoms with Crippen molar-refractivity contribution in [2.24, 2.45) is 0 Å². The molecule has 0 atom stereocenters. The summed E-state index contributed by atoms with van der Waals surface area (Å²) in [5, 5.41) is 11.3. The van der Waals surface area contributed by atoms with E-state index in [1.165, 1.54) is 12.5 Å². The van der Waals surface area contributed by atoms with E-state index in [2.05, 4.69) is 0 Å². The van der Waals surface area contributed by atoms with Crippen molar-refractivity contribution in [2.45, 2.75) is 43.0 Å². The maximum Gasteiger partial charge on any atom is 0.293 e. The van der Waals surface area contributed by atoms with Crippen LogP contribution in [0.5, 0.6) is 0 Å². The zero-order valence-corrected chi connectivity index (χ0v) is 13.1. The van der Waals surface area contributed by atoms with Gasteiger partial charge in [-0.3, -0.25) is 10.1 Å². The second-order valence-corrected chi connectivity index (χ2v) is 7.60. The van der Waals surface area contributed by atoms with E-state index in [4.69, 9.17) is 0 Å². The van der Waals surface area contributed by atoms with Gasteiger partial charge in [-0.25, -0.2) is 8.42 Å². The third kappa shape index (κ3) is 3.53. The summed E-state index contributed by atoms with van der Waals surface area (Å²) in [4.78, 5) is 12.7. The van der Waals surface area contributed by atoms with Crippen molar-refractivity contribution in [1.82, 2.24) is 0 Å². The topological polar surface area (TPSA) is 80.5 Å². The summed E-state index contributed by atoms with van der Waals surface area (Å²) >= 11 is 0. The normalized spacial score (nSPS) is 16.7. The molecule has 0 aromatic heterocycles. The molecule has 0 radical (unpaired) electrons. The highest BCUT2D eigenvalue weighted by molar-refractivity contribution is 7.90. The molecule has 7 heteroatoms. The Balaban J connectivity index is 2.40. The molecule has 1 aromatic rings. The molecular weight excluding hydrogens is 292 g/mol. The average Bonchev–Trinajstić information content (AvgIpc) is 2.45. The van der Waals surface area contributed by atoms with Crippen molar-refractivity contribution in [3.8, 4) is 0 Å². The van der Waals surface area contributed by atoms with E-state index in [0.717, 1.165) is 38.0 Å². The Morgan fingerprint density at radius 3 is 2.38 bits per heavy atom. The molecule has 0 bridgehead atoms. The summed E-state index contributed by atoms with van der Waals surface area (Å²) < 4.78 is 23.1. The fraction of sp³-hybridized carbons (Fsp3) is 0.571. The van der Waals surface area contributed by atoms with Gasteiger partial charge in [0, 0.05) is 25.4 Å². The van der Waals surface area contributed by atoms with Gasteiger partial charge in [0.15, 0.2) is 9.84 Å². The second-order valence-electron chi connectivity index (χ2n) is 5.58. The van der Waals surface area contributed by atoms with E-state index >= 15 is 0 Å². The Hall–Kier alpha value is -1.63. The van der Waals surface area contributed by atoms with Gasteiger partial charge >= 0.3 is 0 Å². The quantitative estimate of drug-likeness (QED) is 0.631. The van der Waals surface area contributed by atoms with Crippen molar-refractivity contribution in [1.29, 1.82) is 0 Å². The first-order valence-corrected chi connectivity index (χ1v) is 8.91. The highest BCUT2D eigenvalue weighted by Gasteiger charge is 2.25. The first-order chi connectivity index (χ1) is 9.80. The van der Waals surface area contributed by atoms with Crippen molar-refractivity contribution in [3.63, 3.8) is 0 Å². The van der Waals surface area contributed by atoms with Crippen LogP contribution in [-0.2, 0) is 9.84 Å². The SMILES string of the molecule is CN(c1ccc(S(C)(=O)=O)cc1[N+](=O)[O-])C1CCCCC1. The highest BCUT2D eigenvalue weighted by atomic mass is 32.2. The first-order valence-electron chi connectivity index (χ1n) is 7.02. The average molecular weight is 312 g/mol. The molecule has 0 saturated heterocycles. The molecule has 2 rings (SSSR count). The molecule has 1 fully saturated rings. The molecule has 0 unspecified atom stereocenters. The first kappa shape index (κ1) is 15.8. The maximum absolute atomic E-state index is 11.6. The molecule has 1 aliphatic rings. The van der Waals surface area contributed by atoms with Gasteiger partial charge in [-0.1, -0.05) is 19.3 Å². The maximum atomic E-state index is 11.6. The van der Waals surface area contributed by atoms with Gasteiger partial charge in [0.1, 0.15) is 5.69 Å². The Kier molecular flexibility index (Phi) is 4.51. The van der Waals surface area contributed by atoms with Gasteiger partial charge in [-0.15, -0.1) is 0 Å². The minimum Gasteiger partial charge on any atom is -0.366 e. The Labute approximate surface area is 124 Å². The van der Waals surface area contributed by atoms with E-state index < -0.39 is 14.8 Å². The fourth-order valence-electron chi connectivity index (χ4n) is 2.84. The van der Waals surface area contributed by atoms with Crippen molar-refractivity contribution in [3.05, 3.63) is 28.3 Å². The van der Waals surface area contributed by atoms with Gasteiger partial charge in [0.05, 0.1) is 9.82 Å². The van der Waals surface area contributed by atoms with E-state index in [0.29, 0.717) is 5.69 Å². The lowest BCUT2D eigenvalue weighted by Crippen LogP contribution is -2.33. The summed E-state index contributed by atoms with van der Waals surface area (Å²) in [5.41, 5.74) is 0.338. The van der Waals surface area contributed by atoms with Crippen LogP contribution >= 0.6 is 0 Å². The van der Waals surface area contributed by atoms with Gasteiger partial charge in [0.25, 0.3) is 5.69 Å². The van der Waals surface area contributed by atoms with Crippen molar-refractivity contribution in [2.75, 3.05) is 18.2 Å². The number of sulfone groups is 1. The lowest BCUT2D eigenvalue weighted by molar-refractivity contribution is -0.384. The summed E-state index contributed by atoms with van der Waals surface area (Å²) in [5.74, 6) is 0. The van der Waals surface area contributed by atoms with E-state index in [1.807, 2.05) is 11.9 Å². The van der Waals surface area contributed by atoms with Crippen molar-refractivity contribution < 1.29 is 13.3 Å². The van der Waals surface area contributed by atoms with Gasteiger partial charge in [-0.2, -0.15) is 0 Å². The number of hydrogen-bond donors (Lipinski definition) is 0. The molecule has 116 valence electrons. The largest absolute Gasteiger partial charge is 0.366 e. The number of nitrogens with zero attached hydrogens (tertiary/aromatic N) is 2. The Morgan fingerprint density at radius 2 is 1.86 bits per heavy atom. The molecule has 0 spiro atoms. The van der Waals surface area contributed by atoms with Crippen LogP contribution in [0.2, 0.25) is 0 Å². The van der Waals surface area contributed by atoms with Gasteiger partial charge < -0.3 is 4.90 Å². The van der Waals surface area contributed by atoms with Crippen LogP contribution in [0, 0.1) is 10.1 Å². The van der Waals surface area contributed by atoms with Crippen molar-refractivity contribution >= 4 is 21.2 Å². The zero-order valence-electron chi connectivity index (χ0n) is 12.3. The monoisotopic (exact) mass is 312 g/mol. The lowest BCUT2D eigenvalue weighted by atomic mass is 9.94. The number of hydrogen-bond acceptors (Lipinski definition) is 5. The molecule has 21 heavy (non-hydrogen) atoms. The molecule has 1 saturated carbocycles. The number of benzene rings is 1. The second kappa shape index (κ2) is 6.01. The van der Waals surface area contributed by atoms with E-state index in [-0.39, 0.29) is 16.6 Å².